The number of aliphatic hydroxyl groups excluding tert-OH is 2. The van der Waals surface area contributed by atoms with Gasteiger partial charge in [-0.2, -0.15) is 0 Å². The van der Waals surface area contributed by atoms with Gasteiger partial charge in [0.05, 0.1) is 33.5 Å². The number of benzene rings is 1. The fourth-order valence-electron chi connectivity index (χ4n) is 1.46. The molecule has 9 heteroatoms. The minimum absolute atomic E-state index is 0.0406. The number of nitrogens with one attached hydrogen (secondary N) is 1. The highest BCUT2D eigenvalue weighted by Crippen LogP contribution is 2.31. The van der Waals surface area contributed by atoms with Crippen LogP contribution < -0.4 is 14.2 Å². The number of rotatable bonds is 7. The van der Waals surface area contributed by atoms with Crippen molar-refractivity contribution in [3.05, 3.63) is 17.9 Å². The summed E-state index contributed by atoms with van der Waals surface area (Å²) >= 11 is 0. The van der Waals surface area contributed by atoms with Crippen molar-refractivity contribution < 1.29 is 32.5 Å². The average Bonchev–Trinajstić information content (AvgIpc) is 2.43. The zero-order chi connectivity index (χ0) is 15.3. The highest BCUT2D eigenvalue weighted by Gasteiger charge is 2.25. The Morgan fingerprint density at radius 1 is 1.20 bits per heavy atom. The molecule has 7 nitrogen and oxygen atoms in total. The van der Waals surface area contributed by atoms with Crippen molar-refractivity contribution in [2.24, 2.45) is 0 Å². The lowest BCUT2D eigenvalue weighted by atomic mass is 10.3. The summed E-state index contributed by atoms with van der Waals surface area (Å²) in [6.07, 6.45) is 0. The van der Waals surface area contributed by atoms with Crippen LogP contribution in [0, 0.1) is 5.82 Å². The Balaban J connectivity index is 3.24. The summed E-state index contributed by atoms with van der Waals surface area (Å²) in [6, 6.07) is 0.718. The largest absolute Gasteiger partial charge is 0.493 e. The van der Waals surface area contributed by atoms with Crippen molar-refractivity contribution in [2.45, 2.75) is 10.9 Å². The Kier molecular flexibility index (Phi) is 5.69. The van der Waals surface area contributed by atoms with E-state index >= 15 is 0 Å². The topological polar surface area (TPSA) is 105 Å². The van der Waals surface area contributed by atoms with E-state index in [1.165, 1.54) is 14.2 Å². The van der Waals surface area contributed by atoms with E-state index in [4.69, 9.17) is 19.7 Å². The second kappa shape index (κ2) is 6.84. The molecule has 0 spiro atoms. The standard InChI is InChI=1S/C11H16FNO6S/c1-18-9-3-8(12)11(4-10(9)19-2)20(16,17)13-7(5-14)6-15/h3-4,7,13-15H,5-6H2,1-2H3. The smallest absolute Gasteiger partial charge is 0.244 e. The molecule has 0 heterocycles. The molecule has 0 saturated heterocycles. The van der Waals surface area contributed by atoms with Gasteiger partial charge in [0, 0.05) is 12.1 Å². The van der Waals surface area contributed by atoms with Gasteiger partial charge in [0.2, 0.25) is 10.0 Å². The normalized spacial score (nSPS) is 11.7. The number of hydrogen-bond donors (Lipinski definition) is 3. The predicted octanol–water partition coefficient (Wildman–Crippen LogP) is -0.526. The molecule has 1 rings (SSSR count). The average molecular weight is 309 g/mol. The van der Waals surface area contributed by atoms with Gasteiger partial charge in [0.25, 0.3) is 0 Å². The zero-order valence-electron chi connectivity index (χ0n) is 11.0. The highest BCUT2D eigenvalue weighted by molar-refractivity contribution is 7.89. The van der Waals surface area contributed by atoms with E-state index in [-0.39, 0.29) is 11.5 Å². The number of sulfonamides is 1. The van der Waals surface area contributed by atoms with Gasteiger partial charge >= 0.3 is 0 Å². The maximum Gasteiger partial charge on any atom is 0.244 e. The van der Waals surface area contributed by atoms with Crippen molar-refractivity contribution in [3.8, 4) is 11.5 Å². The van der Waals surface area contributed by atoms with E-state index in [9.17, 15) is 12.8 Å². The summed E-state index contributed by atoms with van der Waals surface area (Å²) in [4.78, 5) is -0.665. The van der Waals surface area contributed by atoms with Crippen LogP contribution in [0.2, 0.25) is 0 Å². The van der Waals surface area contributed by atoms with Crippen LogP contribution in [-0.2, 0) is 10.0 Å². The third-order valence-electron chi connectivity index (χ3n) is 2.49. The number of hydrogen-bond acceptors (Lipinski definition) is 6. The van der Waals surface area contributed by atoms with Gasteiger partial charge in [0.15, 0.2) is 11.5 Å². The Bertz CT molecular complexity index is 558. The van der Waals surface area contributed by atoms with Crippen LogP contribution >= 0.6 is 0 Å². The van der Waals surface area contributed by atoms with Gasteiger partial charge in [-0.15, -0.1) is 0 Å². The summed E-state index contributed by atoms with van der Waals surface area (Å²) in [5, 5.41) is 17.7. The van der Waals surface area contributed by atoms with Crippen LogP contribution in [0.15, 0.2) is 17.0 Å². The third-order valence-corrected chi connectivity index (χ3v) is 4.03. The first-order valence-electron chi connectivity index (χ1n) is 5.55. The number of ether oxygens (including phenoxy) is 2. The molecule has 0 bridgehead atoms. The van der Waals surface area contributed by atoms with E-state index in [1.807, 2.05) is 4.72 Å². The molecule has 1 aromatic rings. The number of aliphatic hydroxyl groups is 2. The molecule has 0 aliphatic carbocycles. The molecule has 0 unspecified atom stereocenters. The Morgan fingerprint density at radius 3 is 2.15 bits per heavy atom. The van der Waals surface area contributed by atoms with E-state index in [0.29, 0.717) is 0 Å². The molecule has 1 aromatic carbocycles. The first kappa shape index (κ1) is 16.6. The number of halogens is 1. The fourth-order valence-corrected chi connectivity index (χ4v) is 2.75. The van der Waals surface area contributed by atoms with Crippen molar-refractivity contribution in [1.29, 1.82) is 0 Å². The molecule has 0 aromatic heterocycles. The van der Waals surface area contributed by atoms with Crippen molar-refractivity contribution in [3.63, 3.8) is 0 Å². The van der Waals surface area contributed by atoms with Crippen LogP contribution in [0.1, 0.15) is 0 Å². The predicted molar refractivity (Wildman–Crippen MR) is 67.8 cm³/mol. The zero-order valence-corrected chi connectivity index (χ0v) is 11.8. The van der Waals surface area contributed by atoms with Crippen LogP contribution in [0.5, 0.6) is 11.5 Å². The van der Waals surface area contributed by atoms with E-state index < -0.39 is 40.0 Å². The fraction of sp³-hybridized carbons (Fsp3) is 0.455. The summed E-state index contributed by atoms with van der Waals surface area (Å²) < 4.78 is 49.5. The lowest BCUT2D eigenvalue weighted by Crippen LogP contribution is -2.40. The molecule has 0 aliphatic rings. The van der Waals surface area contributed by atoms with E-state index in [1.54, 1.807) is 0 Å². The monoisotopic (exact) mass is 309 g/mol. The van der Waals surface area contributed by atoms with E-state index in [0.717, 1.165) is 12.1 Å². The van der Waals surface area contributed by atoms with Gasteiger partial charge in [-0.3, -0.25) is 0 Å². The minimum Gasteiger partial charge on any atom is -0.493 e. The summed E-state index contributed by atoms with van der Waals surface area (Å²) in [6.45, 7) is -1.24. The van der Waals surface area contributed by atoms with Crippen LogP contribution in [-0.4, -0.2) is 52.1 Å². The second-order valence-corrected chi connectivity index (χ2v) is 5.50. The second-order valence-electron chi connectivity index (χ2n) is 3.82. The van der Waals surface area contributed by atoms with Crippen molar-refractivity contribution in [1.82, 2.24) is 4.72 Å². The first-order valence-corrected chi connectivity index (χ1v) is 7.03. The molecule has 0 amide bonds. The van der Waals surface area contributed by atoms with Gasteiger partial charge < -0.3 is 19.7 Å². The van der Waals surface area contributed by atoms with Gasteiger partial charge in [-0.1, -0.05) is 0 Å². The Labute approximate surface area is 116 Å². The Hall–Kier alpha value is -1.42. The molecule has 0 atom stereocenters. The van der Waals surface area contributed by atoms with Crippen molar-refractivity contribution in [2.75, 3.05) is 27.4 Å². The third kappa shape index (κ3) is 3.57. The lowest BCUT2D eigenvalue weighted by Gasteiger charge is -2.15. The quantitative estimate of drug-likeness (QED) is 0.625. The van der Waals surface area contributed by atoms with E-state index in [2.05, 4.69) is 0 Å². The Morgan fingerprint density at radius 2 is 1.70 bits per heavy atom. The maximum absolute atomic E-state index is 13.8. The molecule has 3 N–H and O–H groups in total. The van der Waals surface area contributed by atoms with Crippen LogP contribution in [0.3, 0.4) is 0 Å². The maximum atomic E-state index is 13.8. The summed E-state index contributed by atoms with van der Waals surface area (Å²) in [7, 11) is -1.68. The van der Waals surface area contributed by atoms with Gasteiger partial charge in [0.1, 0.15) is 10.7 Å². The van der Waals surface area contributed by atoms with Crippen LogP contribution in [0.4, 0.5) is 4.39 Å². The van der Waals surface area contributed by atoms with Crippen molar-refractivity contribution >= 4 is 10.0 Å². The molecule has 0 radical (unpaired) electrons. The molecule has 0 aliphatic heterocycles. The van der Waals surface area contributed by atoms with Gasteiger partial charge in [-0.25, -0.2) is 17.5 Å². The molecule has 0 saturated carbocycles. The molecule has 0 fully saturated rings. The molecular weight excluding hydrogens is 293 g/mol. The summed E-state index contributed by atoms with van der Waals surface area (Å²) in [5.74, 6) is -0.951. The minimum atomic E-state index is -4.25. The molecular formula is C11H16FNO6S. The molecule has 20 heavy (non-hydrogen) atoms. The molecule has 114 valence electrons. The van der Waals surface area contributed by atoms with Gasteiger partial charge in [-0.05, 0) is 0 Å². The lowest BCUT2D eigenvalue weighted by molar-refractivity contribution is 0.185. The SMILES string of the molecule is COc1cc(F)c(S(=O)(=O)NC(CO)CO)cc1OC. The summed E-state index contributed by atoms with van der Waals surface area (Å²) in [5.41, 5.74) is 0. The van der Waals surface area contributed by atoms with Crippen LogP contribution in [0.25, 0.3) is 0 Å². The number of methoxy groups -OCH3 is 2. The highest BCUT2D eigenvalue weighted by atomic mass is 32.2. The first-order chi connectivity index (χ1) is 9.39.